The molecule has 1 radical (unpaired) electrons. The predicted octanol–water partition coefficient (Wildman–Crippen LogP) is 1.58. The highest BCUT2D eigenvalue weighted by molar-refractivity contribution is 5.46. The predicted molar refractivity (Wildman–Crippen MR) is 37.5 cm³/mol. The first-order valence-electron chi connectivity index (χ1n) is 3.03. The molecular formula is C8H6FO2. The van der Waals surface area contributed by atoms with Crippen molar-refractivity contribution in [2.75, 3.05) is 0 Å². The zero-order valence-corrected chi connectivity index (χ0v) is 5.93. The average molecular weight is 153 g/mol. The number of rotatable bonds is 2. The van der Waals surface area contributed by atoms with Crippen LogP contribution in [0.2, 0.25) is 0 Å². The first-order chi connectivity index (χ1) is 5.22. The van der Waals surface area contributed by atoms with Gasteiger partial charge in [-0.2, -0.15) is 0 Å². The first-order valence-corrected chi connectivity index (χ1v) is 3.03. The monoisotopic (exact) mass is 153 g/mol. The van der Waals surface area contributed by atoms with Crippen molar-refractivity contribution in [2.45, 2.75) is 6.92 Å². The summed E-state index contributed by atoms with van der Waals surface area (Å²) < 4.78 is 16.9. The molecule has 57 valence electrons. The van der Waals surface area contributed by atoms with Crippen molar-refractivity contribution < 1.29 is 13.9 Å². The minimum absolute atomic E-state index is 0.178. The molecule has 0 saturated heterocycles. The number of hydrogen-bond donors (Lipinski definition) is 0. The molecule has 0 saturated carbocycles. The summed E-state index contributed by atoms with van der Waals surface area (Å²) in [6.07, 6.45) is 0. The van der Waals surface area contributed by atoms with E-state index in [1.807, 2.05) is 0 Å². The highest BCUT2D eigenvalue weighted by Gasteiger charge is 1.97. The fourth-order valence-corrected chi connectivity index (χ4v) is 0.810. The van der Waals surface area contributed by atoms with Crippen molar-refractivity contribution in [3.63, 3.8) is 0 Å². The molecule has 0 atom stereocenters. The number of halogens is 1. The van der Waals surface area contributed by atoms with Crippen LogP contribution in [0.5, 0.6) is 5.75 Å². The molecule has 0 spiro atoms. The summed E-state index contributed by atoms with van der Waals surface area (Å²) in [6.45, 7) is 2.93. The Kier molecular flexibility index (Phi) is 2.21. The zero-order valence-electron chi connectivity index (χ0n) is 5.93. The maximum absolute atomic E-state index is 12.5. The third-order valence-corrected chi connectivity index (χ3v) is 1.18. The molecule has 0 heterocycles. The van der Waals surface area contributed by atoms with E-state index in [1.165, 1.54) is 12.5 Å². The lowest BCUT2D eigenvalue weighted by Gasteiger charge is -1.97. The Balaban J connectivity index is 2.98. The molecule has 3 heteroatoms. The number of hydrogen-bond acceptors (Lipinski definition) is 2. The van der Waals surface area contributed by atoms with Crippen molar-refractivity contribution in [2.24, 2.45) is 0 Å². The van der Waals surface area contributed by atoms with Crippen molar-refractivity contribution in [1.82, 2.24) is 0 Å². The van der Waals surface area contributed by atoms with Gasteiger partial charge in [0.15, 0.2) is 0 Å². The highest BCUT2D eigenvalue weighted by Crippen LogP contribution is 2.14. The normalized spacial score (nSPS) is 9.27. The van der Waals surface area contributed by atoms with Gasteiger partial charge < -0.3 is 4.74 Å². The van der Waals surface area contributed by atoms with E-state index in [-0.39, 0.29) is 5.75 Å². The van der Waals surface area contributed by atoms with Gasteiger partial charge in [0.2, 0.25) is 0 Å². The van der Waals surface area contributed by atoms with Crippen LogP contribution >= 0.6 is 0 Å². The third kappa shape index (κ3) is 2.04. The molecule has 0 amide bonds. The summed E-state index contributed by atoms with van der Waals surface area (Å²) >= 11 is 0. The van der Waals surface area contributed by atoms with E-state index in [1.54, 1.807) is 13.0 Å². The van der Waals surface area contributed by atoms with Crippen molar-refractivity contribution >= 4 is 6.47 Å². The van der Waals surface area contributed by atoms with Crippen molar-refractivity contribution in [3.8, 4) is 5.75 Å². The Morgan fingerprint density at radius 1 is 1.45 bits per heavy atom. The second-order valence-electron chi connectivity index (χ2n) is 2.15. The minimum Gasteiger partial charge on any atom is -0.418 e. The molecule has 11 heavy (non-hydrogen) atoms. The van der Waals surface area contributed by atoms with Gasteiger partial charge in [-0.25, -0.2) is 9.18 Å². The average Bonchev–Trinajstić information content (AvgIpc) is 1.85. The Bertz CT molecular complexity index is 251. The van der Waals surface area contributed by atoms with E-state index < -0.39 is 5.82 Å². The lowest BCUT2D eigenvalue weighted by Crippen LogP contribution is -1.89. The minimum atomic E-state index is -0.421. The molecule has 1 aromatic carbocycles. The first kappa shape index (κ1) is 7.72. The van der Waals surface area contributed by atoms with Gasteiger partial charge in [-0.3, -0.25) is 0 Å². The second-order valence-corrected chi connectivity index (χ2v) is 2.15. The van der Waals surface area contributed by atoms with E-state index in [4.69, 9.17) is 0 Å². The van der Waals surface area contributed by atoms with Gasteiger partial charge in [0.05, 0.1) is 0 Å². The molecule has 2 nitrogen and oxygen atoms in total. The molecular weight excluding hydrogens is 147 g/mol. The number of benzene rings is 1. The van der Waals surface area contributed by atoms with Crippen LogP contribution in [-0.2, 0) is 4.79 Å². The van der Waals surface area contributed by atoms with Gasteiger partial charge >= 0.3 is 6.47 Å². The Morgan fingerprint density at radius 3 is 2.73 bits per heavy atom. The molecule has 0 N–H and O–H groups in total. The molecule has 1 aromatic rings. The molecule has 0 aliphatic heterocycles. The van der Waals surface area contributed by atoms with Crippen LogP contribution < -0.4 is 4.74 Å². The zero-order chi connectivity index (χ0) is 8.27. The van der Waals surface area contributed by atoms with E-state index in [2.05, 4.69) is 4.74 Å². The summed E-state index contributed by atoms with van der Waals surface area (Å²) in [5.41, 5.74) is 0.704. The lowest BCUT2D eigenvalue weighted by molar-refractivity contribution is 0.440. The third-order valence-electron chi connectivity index (χ3n) is 1.18. The molecule has 1 rings (SSSR count). The summed E-state index contributed by atoms with van der Waals surface area (Å²) in [5, 5.41) is 0. The van der Waals surface area contributed by atoms with Gasteiger partial charge in [0, 0.05) is 6.07 Å². The highest BCUT2D eigenvalue weighted by atomic mass is 19.1. The summed E-state index contributed by atoms with van der Waals surface area (Å²) in [4.78, 5) is 9.73. The standard InChI is InChI=1S/C8H6FO2/c1-6-2-7(9)4-8(3-6)11-5-10/h2-4H,1H3. The van der Waals surface area contributed by atoms with Crippen LogP contribution in [0.15, 0.2) is 18.2 Å². The topological polar surface area (TPSA) is 26.3 Å². The summed E-state index contributed by atoms with van der Waals surface area (Å²) in [6, 6.07) is 4.02. The van der Waals surface area contributed by atoms with Crippen LogP contribution in [0.4, 0.5) is 4.39 Å². The SMILES string of the molecule is Cc1cc(F)cc(O[C]=O)c1. The van der Waals surface area contributed by atoms with E-state index in [9.17, 15) is 9.18 Å². The molecule has 0 aliphatic rings. The van der Waals surface area contributed by atoms with Crippen LogP contribution in [-0.4, -0.2) is 6.47 Å². The van der Waals surface area contributed by atoms with E-state index >= 15 is 0 Å². The molecule has 0 bridgehead atoms. The maximum atomic E-state index is 12.5. The molecule has 0 unspecified atom stereocenters. The summed E-state index contributed by atoms with van der Waals surface area (Å²) in [7, 11) is 0. The number of ether oxygens (including phenoxy) is 1. The van der Waals surface area contributed by atoms with E-state index in [0.29, 0.717) is 5.56 Å². The van der Waals surface area contributed by atoms with Crippen LogP contribution in [0.3, 0.4) is 0 Å². The number of carbonyl (C=O) groups excluding carboxylic acids is 1. The molecule has 0 aliphatic carbocycles. The summed E-state index contributed by atoms with van der Waals surface area (Å²) in [5.74, 6) is -0.243. The number of aryl methyl sites for hydroxylation is 1. The second kappa shape index (κ2) is 3.14. The smallest absolute Gasteiger partial charge is 0.418 e. The van der Waals surface area contributed by atoms with Gasteiger partial charge in [-0.1, -0.05) is 0 Å². The Labute approximate surface area is 63.6 Å². The van der Waals surface area contributed by atoms with E-state index in [0.717, 1.165) is 6.07 Å². The van der Waals surface area contributed by atoms with Crippen molar-refractivity contribution in [1.29, 1.82) is 0 Å². The largest absolute Gasteiger partial charge is 0.423 e. The molecule has 0 fully saturated rings. The van der Waals surface area contributed by atoms with Crippen LogP contribution in [0, 0.1) is 12.7 Å². The Hall–Kier alpha value is -1.38. The Morgan fingerprint density at radius 2 is 2.18 bits per heavy atom. The fraction of sp³-hybridized carbons (Fsp3) is 0.125. The van der Waals surface area contributed by atoms with Crippen molar-refractivity contribution in [3.05, 3.63) is 29.6 Å². The van der Waals surface area contributed by atoms with Crippen LogP contribution in [0.1, 0.15) is 5.56 Å². The van der Waals surface area contributed by atoms with Gasteiger partial charge in [0.1, 0.15) is 11.6 Å². The fourth-order valence-electron chi connectivity index (χ4n) is 0.810. The van der Waals surface area contributed by atoms with Gasteiger partial charge in [-0.05, 0) is 24.6 Å². The quantitative estimate of drug-likeness (QED) is 0.644. The maximum Gasteiger partial charge on any atom is 0.423 e. The van der Waals surface area contributed by atoms with Gasteiger partial charge in [0.25, 0.3) is 0 Å². The van der Waals surface area contributed by atoms with Crippen LogP contribution in [0.25, 0.3) is 0 Å². The van der Waals surface area contributed by atoms with Gasteiger partial charge in [-0.15, -0.1) is 0 Å². The molecule has 0 aromatic heterocycles. The lowest BCUT2D eigenvalue weighted by atomic mass is 10.2.